The fraction of sp³-hybridized carbons (Fsp3) is 0.450. The van der Waals surface area contributed by atoms with E-state index in [1.54, 1.807) is 17.2 Å². The Labute approximate surface area is 166 Å². The smallest absolute Gasteiger partial charge is 0.244 e. The van der Waals surface area contributed by atoms with E-state index in [0.29, 0.717) is 45.0 Å². The number of carbonyl (C=O) groups excluding carboxylic acids is 2. The minimum atomic E-state index is -1.02. The first-order valence-corrected chi connectivity index (χ1v) is 9.64. The highest BCUT2D eigenvalue weighted by atomic mass is 19.1. The summed E-state index contributed by atoms with van der Waals surface area (Å²) in [5.41, 5.74) is -0.824. The van der Waals surface area contributed by atoms with Gasteiger partial charge in [-0.05, 0) is 18.9 Å². The largest absolute Gasteiger partial charge is 0.378 e. The molecule has 29 heavy (non-hydrogen) atoms. The molecule has 2 fully saturated rings. The van der Waals surface area contributed by atoms with Crippen molar-refractivity contribution in [1.82, 2.24) is 14.7 Å². The van der Waals surface area contributed by atoms with Crippen LogP contribution in [0.25, 0.3) is 0 Å². The molecule has 1 aliphatic carbocycles. The fourth-order valence-corrected chi connectivity index (χ4v) is 3.83. The van der Waals surface area contributed by atoms with Crippen LogP contribution in [-0.4, -0.2) is 52.8 Å². The predicted molar refractivity (Wildman–Crippen MR) is 100 cm³/mol. The number of nitrogens with zero attached hydrogens (tertiary/aromatic N) is 3. The lowest BCUT2D eigenvalue weighted by molar-refractivity contribution is -0.136. The maximum Gasteiger partial charge on any atom is 0.244 e. The molecule has 4 rings (SSSR count). The van der Waals surface area contributed by atoms with Gasteiger partial charge in [0.05, 0.1) is 18.6 Å². The molecule has 9 heteroatoms. The molecule has 1 saturated carbocycles. The Morgan fingerprint density at radius 2 is 1.93 bits per heavy atom. The first kappa shape index (κ1) is 19.5. The molecule has 2 aliphatic rings. The lowest BCUT2D eigenvalue weighted by atomic mass is 9.63. The van der Waals surface area contributed by atoms with Gasteiger partial charge in [0.15, 0.2) is 5.82 Å². The minimum Gasteiger partial charge on any atom is -0.378 e. The highest BCUT2D eigenvalue weighted by molar-refractivity contribution is 5.99. The summed E-state index contributed by atoms with van der Waals surface area (Å²) in [5, 5.41) is 6.96. The Hall–Kier alpha value is -2.81. The SMILES string of the molecule is O=C(Cn1ccc(NC(=O)C2(c3ccc(F)cc3F)CCC2)n1)N1CCOCC1. The van der Waals surface area contributed by atoms with Crippen LogP contribution in [0.1, 0.15) is 24.8 Å². The molecular formula is C20H22F2N4O3. The van der Waals surface area contributed by atoms with Gasteiger partial charge in [0.2, 0.25) is 11.8 Å². The van der Waals surface area contributed by atoms with E-state index in [2.05, 4.69) is 10.4 Å². The lowest BCUT2D eigenvalue weighted by Crippen LogP contribution is -2.46. The second kappa shape index (κ2) is 7.90. The summed E-state index contributed by atoms with van der Waals surface area (Å²) in [7, 11) is 0. The van der Waals surface area contributed by atoms with Crippen molar-refractivity contribution in [2.45, 2.75) is 31.2 Å². The molecule has 1 aliphatic heterocycles. The summed E-state index contributed by atoms with van der Waals surface area (Å²) in [4.78, 5) is 26.9. The van der Waals surface area contributed by atoms with Gasteiger partial charge < -0.3 is 15.0 Å². The average molecular weight is 404 g/mol. The summed E-state index contributed by atoms with van der Waals surface area (Å²) in [6, 6.07) is 4.90. The van der Waals surface area contributed by atoms with E-state index in [1.165, 1.54) is 10.7 Å². The molecule has 1 saturated heterocycles. The number of aromatic nitrogens is 2. The molecule has 1 N–H and O–H groups in total. The van der Waals surface area contributed by atoms with Gasteiger partial charge >= 0.3 is 0 Å². The van der Waals surface area contributed by atoms with Crippen molar-refractivity contribution in [2.24, 2.45) is 0 Å². The van der Waals surface area contributed by atoms with Crippen LogP contribution in [0.15, 0.2) is 30.5 Å². The Kier molecular flexibility index (Phi) is 5.31. The minimum absolute atomic E-state index is 0.0631. The van der Waals surface area contributed by atoms with E-state index in [4.69, 9.17) is 4.74 Å². The van der Waals surface area contributed by atoms with Crippen molar-refractivity contribution in [1.29, 1.82) is 0 Å². The molecule has 2 aromatic rings. The number of carbonyl (C=O) groups is 2. The molecular weight excluding hydrogens is 382 g/mol. The van der Waals surface area contributed by atoms with Crippen molar-refractivity contribution in [3.63, 3.8) is 0 Å². The molecule has 1 aromatic heterocycles. The van der Waals surface area contributed by atoms with Gasteiger partial charge in [0.1, 0.15) is 18.2 Å². The van der Waals surface area contributed by atoms with Gasteiger partial charge in [-0.3, -0.25) is 14.3 Å². The molecule has 0 radical (unpaired) electrons. The Morgan fingerprint density at radius 3 is 2.59 bits per heavy atom. The van der Waals surface area contributed by atoms with Gasteiger partial charge in [-0.25, -0.2) is 8.78 Å². The number of ether oxygens (including phenoxy) is 1. The molecule has 1 aromatic carbocycles. The second-order valence-electron chi connectivity index (χ2n) is 7.41. The lowest BCUT2D eigenvalue weighted by Gasteiger charge is -2.40. The number of anilines is 1. The predicted octanol–water partition coefficient (Wildman–Crippen LogP) is 2.08. The number of nitrogens with one attached hydrogen (secondary N) is 1. The van der Waals surface area contributed by atoms with Crippen LogP contribution in [-0.2, 0) is 26.3 Å². The van der Waals surface area contributed by atoms with E-state index >= 15 is 0 Å². The molecule has 0 spiro atoms. The van der Waals surface area contributed by atoms with Crippen LogP contribution in [0, 0.1) is 11.6 Å². The third kappa shape index (κ3) is 3.87. The number of halogens is 2. The van der Waals surface area contributed by atoms with Crippen LogP contribution >= 0.6 is 0 Å². The zero-order valence-corrected chi connectivity index (χ0v) is 15.9. The maximum atomic E-state index is 14.3. The number of amides is 2. The molecule has 0 bridgehead atoms. The van der Waals surface area contributed by atoms with Crippen LogP contribution in [0.2, 0.25) is 0 Å². The topological polar surface area (TPSA) is 76.5 Å². The molecule has 0 unspecified atom stereocenters. The Bertz CT molecular complexity index is 920. The van der Waals surface area contributed by atoms with Gasteiger partial charge in [-0.2, -0.15) is 5.10 Å². The molecule has 0 atom stereocenters. The highest BCUT2D eigenvalue weighted by Crippen LogP contribution is 2.45. The number of morpholine rings is 1. The molecule has 2 heterocycles. The third-order valence-corrected chi connectivity index (χ3v) is 5.63. The van der Waals surface area contributed by atoms with Gasteiger partial charge in [0.25, 0.3) is 0 Å². The summed E-state index contributed by atoms with van der Waals surface area (Å²) >= 11 is 0. The van der Waals surface area contributed by atoms with E-state index < -0.39 is 17.0 Å². The summed E-state index contributed by atoms with van der Waals surface area (Å²) in [5.74, 6) is -1.55. The Morgan fingerprint density at radius 1 is 1.17 bits per heavy atom. The number of hydrogen-bond donors (Lipinski definition) is 1. The zero-order valence-electron chi connectivity index (χ0n) is 15.9. The van der Waals surface area contributed by atoms with E-state index in [9.17, 15) is 18.4 Å². The van der Waals surface area contributed by atoms with Gasteiger partial charge in [0, 0.05) is 37.0 Å². The number of hydrogen-bond acceptors (Lipinski definition) is 4. The maximum absolute atomic E-state index is 14.3. The average Bonchev–Trinajstić information content (AvgIpc) is 3.10. The summed E-state index contributed by atoms with van der Waals surface area (Å²) < 4.78 is 34.2. The van der Waals surface area contributed by atoms with Crippen LogP contribution in [0.3, 0.4) is 0 Å². The van der Waals surface area contributed by atoms with E-state index in [1.807, 2.05) is 0 Å². The molecule has 7 nitrogen and oxygen atoms in total. The monoisotopic (exact) mass is 404 g/mol. The first-order chi connectivity index (χ1) is 14.0. The molecule has 154 valence electrons. The van der Waals surface area contributed by atoms with Crippen LogP contribution in [0.4, 0.5) is 14.6 Å². The second-order valence-corrected chi connectivity index (χ2v) is 7.41. The highest BCUT2D eigenvalue weighted by Gasteiger charge is 2.47. The van der Waals surface area contributed by atoms with Gasteiger partial charge in [-0.15, -0.1) is 0 Å². The first-order valence-electron chi connectivity index (χ1n) is 9.64. The summed E-state index contributed by atoms with van der Waals surface area (Å²) in [6.45, 7) is 2.21. The van der Waals surface area contributed by atoms with E-state index in [0.717, 1.165) is 18.6 Å². The zero-order chi connectivity index (χ0) is 20.4. The van der Waals surface area contributed by atoms with Crippen molar-refractivity contribution < 1.29 is 23.1 Å². The standard InChI is InChI=1S/C20H22F2N4O3/c21-14-2-3-15(16(22)12-14)20(5-1-6-20)19(28)23-17-4-7-26(24-17)13-18(27)25-8-10-29-11-9-25/h2-4,7,12H,1,5-6,8-11,13H2,(H,23,24,28). The Balaban J connectivity index is 1.43. The van der Waals surface area contributed by atoms with Crippen molar-refractivity contribution in [2.75, 3.05) is 31.6 Å². The quantitative estimate of drug-likeness (QED) is 0.828. The fourth-order valence-electron chi connectivity index (χ4n) is 3.83. The normalized spacial score (nSPS) is 18.2. The van der Waals surface area contributed by atoms with Crippen LogP contribution in [0.5, 0.6) is 0 Å². The van der Waals surface area contributed by atoms with Crippen molar-refractivity contribution >= 4 is 17.6 Å². The number of rotatable bonds is 5. The van der Waals surface area contributed by atoms with Crippen molar-refractivity contribution in [3.8, 4) is 0 Å². The van der Waals surface area contributed by atoms with Crippen molar-refractivity contribution in [3.05, 3.63) is 47.7 Å². The van der Waals surface area contributed by atoms with E-state index in [-0.39, 0.29) is 23.9 Å². The van der Waals surface area contributed by atoms with Gasteiger partial charge in [-0.1, -0.05) is 12.5 Å². The third-order valence-electron chi connectivity index (χ3n) is 5.63. The molecule has 2 amide bonds. The summed E-state index contributed by atoms with van der Waals surface area (Å²) in [6.07, 6.45) is 3.36. The number of benzene rings is 1. The van der Waals surface area contributed by atoms with Crippen LogP contribution < -0.4 is 5.32 Å².